The molecule has 2 aliphatic rings. The summed E-state index contributed by atoms with van der Waals surface area (Å²) in [7, 11) is 0. The number of anilines is 2. The van der Waals surface area contributed by atoms with Crippen LogP contribution in [0.3, 0.4) is 0 Å². The van der Waals surface area contributed by atoms with E-state index in [0.29, 0.717) is 61.3 Å². The van der Waals surface area contributed by atoms with Crippen LogP contribution in [0.5, 0.6) is 5.75 Å². The minimum atomic E-state index is -3.83. The van der Waals surface area contributed by atoms with Crippen molar-refractivity contribution in [3.63, 3.8) is 0 Å². The number of rotatable bonds is 6. The number of H-pyrrole nitrogens is 1. The number of nitrogens with zero attached hydrogens (tertiary/aromatic N) is 2. The van der Waals surface area contributed by atoms with E-state index in [4.69, 9.17) is 16.3 Å². The molecule has 182 valence electrons. The number of carbonyl (C=O) groups is 2. The van der Waals surface area contributed by atoms with Gasteiger partial charge in [0.05, 0.1) is 24.5 Å². The molecule has 9 nitrogen and oxygen atoms in total. The molecule has 4 heterocycles. The number of aromatic amines is 1. The Morgan fingerprint density at radius 3 is 2.63 bits per heavy atom. The van der Waals surface area contributed by atoms with Gasteiger partial charge in [0.15, 0.2) is 0 Å². The Morgan fingerprint density at radius 1 is 1.20 bits per heavy atom. The fraction of sp³-hybridized carbons (Fsp3) is 0.261. The van der Waals surface area contributed by atoms with E-state index in [1.807, 2.05) is 6.07 Å². The first-order valence-electron chi connectivity index (χ1n) is 10.8. The van der Waals surface area contributed by atoms with E-state index in [9.17, 15) is 18.4 Å². The minimum Gasteiger partial charge on any atom is -0.420 e. The van der Waals surface area contributed by atoms with Crippen LogP contribution in [0.1, 0.15) is 26.4 Å². The fourth-order valence-corrected chi connectivity index (χ4v) is 4.09. The molecule has 0 aliphatic carbocycles. The zero-order valence-electron chi connectivity index (χ0n) is 18.2. The first-order chi connectivity index (χ1) is 16.8. The lowest BCUT2D eigenvalue weighted by atomic mass is 10.1. The summed E-state index contributed by atoms with van der Waals surface area (Å²) in [4.78, 5) is 34.8. The quantitative estimate of drug-likeness (QED) is 0.444. The number of pyridine rings is 1. The standard InChI is InChI=1S/C23H20ClF2N5O4/c24-23(25,26)35-16-3-1-15(2-4-16)29-21(32)14-9-17(18-10-13-11-28-22(33)19(13)30-18)20(27-12-14)31-5-7-34-8-6-31/h1-4,9-10,12,30H,5-8,11H2,(H,28,33)(H,29,32). The van der Waals surface area contributed by atoms with Crippen LogP contribution in [-0.4, -0.2) is 53.7 Å². The number of morpholine rings is 1. The highest BCUT2D eigenvalue weighted by Gasteiger charge is 2.28. The van der Waals surface area contributed by atoms with Gasteiger partial charge in [-0.1, -0.05) is 0 Å². The van der Waals surface area contributed by atoms with Crippen LogP contribution in [0.15, 0.2) is 42.6 Å². The number of hydrogen-bond acceptors (Lipinski definition) is 6. The Morgan fingerprint density at radius 2 is 1.94 bits per heavy atom. The van der Waals surface area contributed by atoms with Gasteiger partial charge in [-0.25, -0.2) is 4.98 Å². The summed E-state index contributed by atoms with van der Waals surface area (Å²) in [5, 5.41) is 5.47. The predicted octanol–water partition coefficient (Wildman–Crippen LogP) is 3.58. The first kappa shape index (κ1) is 23.1. The molecule has 1 aromatic carbocycles. The van der Waals surface area contributed by atoms with Crippen molar-refractivity contribution in [2.75, 3.05) is 36.5 Å². The van der Waals surface area contributed by atoms with Crippen LogP contribution in [0.4, 0.5) is 20.3 Å². The number of alkyl halides is 3. The van der Waals surface area contributed by atoms with Crippen LogP contribution in [0.2, 0.25) is 0 Å². The maximum absolute atomic E-state index is 13.0. The second-order valence-corrected chi connectivity index (χ2v) is 8.43. The van der Waals surface area contributed by atoms with Gasteiger partial charge in [0.1, 0.15) is 17.3 Å². The summed E-state index contributed by atoms with van der Waals surface area (Å²) in [5.74, 6) is -0.0971. The van der Waals surface area contributed by atoms with Gasteiger partial charge < -0.3 is 30.0 Å². The summed E-state index contributed by atoms with van der Waals surface area (Å²) < 4.78 is 35.3. The molecule has 3 N–H and O–H groups in total. The highest BCUT2D eigenvalue weighted by Crippen LogP contribution is 2.33. The summed E-state index contributed by atoms with van der Waals surface area (Å²) in [5.41, 5.74) is -0.483. The number of hydrogen-bond donors (Lipinski definition) is 3. The van der Waals surface area contributed by atoms with E-state index in [1.54, 1.807) is 6.07 Å². The molecule has 35 heavy (non-hydrogen) atoms. The number of benzene rings is 1. The SMILES string of the molecule is O=C(Nc1ccc(OC(F)(F)Cl)cc1)c1cnc(N2CCOCC2)c(-c2cc3c([nH]2)C(=O)NC3)c1. The lowest BCUT2D eigenvalue weighted by Gasteiger charge is -2.29. The van der Waals surface area contributed by atoms with E-state index in [1.165, 1.54) is 30.5 Å². The van der Waals surface area contributed by atoms with Crippen molar-refractivity contribution in [2.24, 2.45) is 0 Å². The number of halogens is 3. The molecule has 0 atom stereocenters. The number of nitrogens with one attached hydrogen (secondary N) is 3. The topological polar surface area (TPSA) is 109 Å². The van der Waals surface area contributed by atoms with E-state index in [2.05, 4.69) is 30.2 Å². The van der Waals surface area contributed by atoms with Crippen molar-refractivity contribution in [1.29, 1.82) is 0 Å². The zero-order chi connectivity index (χ0) is 24.6. The van der Waals surface area contributed by atoms with E-state index in [-0.39, 0.29) is 17.2 Å². The normalized spacial score (nSPS) is 15.5. The lowest BCUT2D eigenvalue weighted by molar-refractivity contribution is -0.0964. The third-order valence-electron chi connectivity index (χ3n) is 5.64. The van der Waals surface area contributed by atoms with Crippen LogP contribution in [0, 0.1) is 0 Å². The van der Waals surface area contributed by atoms with Gasteiger partial charge >= 0.3 is 5.57 Å². The summed E-state index contributed by atoms with van der Waals surface area (Å²) in [6.45, 7) is 2.83. The van der Waals surface area contributed by atoms with Crippen molar-refractivity contribution >= 4 is 34.9 Å². The average molecular weight is 504 g/mol. The molecule has 3 aromatic rings. The second kappa shape index (κ2) is 9.16. The molecule has 2 aromatic heterocycles. The van der Waals surface area contributed by atoms with E-state index in [0.717, 1.165) is 5.56 Å². The number of ether oxygens (including phenoxy) is 2. The molecule has 2 amide bonds. The third-order valence-corrected chi connectivity index (χ3v) is 5.72. The minimum absolute atomic E-state index is 0.148. The first-order valence-corrected chi connectivity index (χ1v) is 11.1. The van der Waals surface area contributed by atoms with Gasteiger partial charge in [0, 0.05) is 54.2 Å². The molecule has 2 aliphatic heterocycles. The van der Waals surface area contributed by atoms with Crippen molar-refractivity contribution in [2.45, 2.75) is 12.1 Å². The number of amides is 2. The van der Waals surface area contributed by atoms with Crippen molar-refractivity contribution in [3.05, 3.63) is 59.4 Å². The molecule has 1 fully saturated rings. The monoisotopic (exact) mass is 503 g/mol. The van der Waals surface area contributed by atoms with Crippen LogP contribution in [-0.2, 0) is 11.3 Å². The van der Waals surface area contributed by atoms with Gasteiger partial charge in [0.25, 0.3) is 11.8 Å². The second-order valence-electron chi connectivity index (χ2n) is 7.99. The molecule has 1 saturated heterocycles. The molecule has 0 bridgehead atoms. The molecule has 0 saturated carbocycles. The van der Waals surface area contributed by atoms with Gasteiger partial charge in [-0.15, -0.1) is 8.78 Å². The van der Waals surface area contributed by atoms with Gasteiger partial charge in [0.2, 0.25) is 0 Å². The summed E-state index contributed by atoms with van der Waals surface area (Å²) in [6, 6.07) is 8.95. The molecule has 5 rings (SSSR count). The van der Waals surface area contributed by atoms with Gasteiger partial charge in [-0.3, -0.25) is 9.59 Å². The lowest BCUT2D eigenvalue weighted by Crippen LogP contribution is -2.37. The maximum atomic E-state index is 13.0. The molecule has 0 unspecified atom stereocenters. The number of fused-ring (bicyclic) bond motifs is 1. The van der Waals surface area contributed by atoms with E-state index < -0.39 is 11.5 Å². The zero-order valence-corrected chi connectivity index (χ0v) is 19.0. The Hall–Kier alpha value is -3.70. The number of carbonyl (C=O) groups excluding carboxylic acids is 2. The highest BCUT2D eigenvalue weighted by atomic mass is 35.5. The van der Waals surface area contributed by atoms with Crippen molar-refractivity contribution in [3.8, 4) is 17.0 Å². The van der Waals surface area contributed by atoms with Gasteiger partial charge in [-0.05, 0) is 36.4 Å². The number of aromatic nitrogens is 2. The largest absolute Gasteiger partial charge is 0.487 e. The highest BCUT2D eigenvalue weighted by molar-refractivity contribution is 6.20. The van der Waals surface area contributed by atoms with Gasteiger partial charge in [-0.2, -0.15) is 0 Å². The molecule has 12 heteroatoms. The van der Waals surface area contributed by atoms with Crippen molar-refractivity contribution in [1.82, 2.24) is 15.3 Å². The third kappa shape index (κ3) is 5.05. The smallest absolute Gasteiger partial charge is 0.420 e. The maximum Gasteiger partial charge on any atom is 0.487 e. The fourth-order valence-electron chi connectivity index (χ4n) is 4.00. The molecular formula is C23H20ClF2N5O4. The summed E-state index contributed by atoms with van der Waals surface area (Å²) in [6.07, 6.45) is 1.47. The van der Waals surface area contributed by atoms with Crippen LogP contribution >= 0.6 is 11.6 Å². The molecule has 0 radical (unpaired) electrons. The van der Waals surface area contributed by atoms with E-state index >= 15 is 0 Å². The van der Waals surface area contributed by atoms with Crippen LogP contribution in [0.25, 0.3) is 11.3 Å². The summed E-state index contributed by atoms with van der Waals surface area (Å²) >= 11 is 4.77. The Balaban J connectivity index is 1.42. The molecule has 0 spiro atoms. The molecular weight excluding hydrogens is 484 g/mol. The van der Waals surface area contributed by atoms with Crippen LogP contribution < -0.4 is 20.3 Å². The Bertz CT molecular complexity index is 1270. The Labute approximate surface area is 203 Å². The Kier molecular flexibility index (Phi) is 6.03. The average Bonchev–Trinajstić information content (AvgIpc) is 3.41. The predicted molar refractivity (Wildman–Crippen MR) is 124 cm³/mol. The van der Waals surface area contributed by atoms with Crippen molar-refractivity contribution < 1.29 is 27.8 Å².